The molecule has 0 bridgehead atoms. The number of ether oxygens (including phenoxy) is 1. The molecule has 0 amide bonds. The lowest BCUT2D eigenvalue weighted by molar-refractivity contribution is -0.143. The first kappa shape index (κ1) is 13.2. The first-order valence-corrected chi connectivity index (χ1v) is 5.32. The van der Waals surface area contributed by atoms with Crippen molar-refractivity contribution in [3.8, 4) is 0 Å². The molecule has 94 valence electrons. The Morgan fingerprint density at radius 3 is 2.88 bits per heavy atom. The van der Waals surface area contributed by atoms with Gasteiger partial charge in [-0.15, -0.1) is 0 Å². The van der Waals surface area contributed by atoms with E-state index in [4.69, 9.17) is 10.6 Å². The average molecular weight is 239 g/mol. The number of esters is 1. The smallest absolute Gasteiger partial charge is 0.328 e. The van der Waals surface area contributed by atoms with Gasteiger partial charge in [-0.2, -0.15) is 4.98 Å². The van der Waals surface area contributed by atoms with Crippen molar-refractivity contribution in [3.05, 3.63) is 11.8 Å². The molecule has 0 saturated carbocycles. The number of hydrazine groups is 1. The van der Waals surface area contributed by atoms with Gasteiger partial charge in [0.25, 0.3) is 0 Å². The van der Waals surface area contributed by atoms with Gasteiger partial charge in [0.2, 0.25) is 5.95 Å². The molecule has 0 aliphatic rings. The molecule has 1 aromatic rings. The standard InChI is InChI=1S/C10H17N5O2/c1-4-17-9(16)7(3)13-8-5-6(2)12-10(14-8)15-11/h5,7H,4,11H2,1-3H3,(H2,12,13,14,15). The number of nitrogens with one attached hydrogen (secondary N) is 2. The normalized spacial score (nSPS) is 11.8. The van der Waals surface area contributed by atoms with Crippen LogP contribution in [0.25, 0.3) is 0 Å². The Bertz CT molecular complexity index is 396. The maximum atomic E-state index is 11.4. The summed E-state index contributed by atoms with van der Waals surface area (Å²) in [5, 5.41) is 2.92. The zero-order valence-electron chi connectivity index (χ0n) is 10.2. The summed E-state index contributed by atoms with van der Waals surface area (Å²) >= 11 is 0. The van der Waals surface area contributed by atoms with Crippen molar-refractivity contribution in [2.24, 2.45) is 5.84 Å². The first-order valence-electron chi connectivity index (χ1n) is 5.32. The molecule has 1 heterocycles. The fourth-order valence-corrected chi connectivity index (χ4v) is 1.26. The van der Waals surface area contributed by atoms with Gasteiger partial charge in [-0.05, 0) is 20.8 Å². The van der Waals surface area contributed by atoms with Crippen molar-refractivity contribution in [2.45, 2.75) is 26.8 Å². The molecule has 0 saturated heterocycles. The number of carbonyl (C=O) groups excluding carboxylic acids is 1. The van der Waals surface area contributed by atoms with Crippen LogP contribution in [0.4, 0.5) is 11.8 Å². The van der Waals surface area contributed by atoms with Crippen LogP contribution in [-0.4, -0.2) is 28.6 Å². The van der Waals surface area contributed by atoms with Crippen LogP contribution in [0, 0.1) is 6.92 Å². The van der Waals surface area contributed by atoms with Gasteiger partial charge in [0.05, 0.1) is 6.61 Å². The monoisotopic (exact) mass is 239 g/mol. The molecule has 17 heavy (non-hydrogen) atoms. The molecule has 1 atom stereocenters. The molecule has 0 spiro atoms. The predicted molar refractivity (Wildman–Crippen MR) is 64.3 cm³/mol. The molecule has 7 heteroatoms. The highest BCUT2D eigenvalue weighted by molar-refractivity contribution is 5.78. The Morgan fingerprint density at radius 1 is 1.59 bits per heavy atom. The van der Waals surface area contributed by atoms with Gasteiger partial charge in [-0.3, -0.25) is 5.43 Å². The van der Waals surface area contributed by atoms with Gasteiger partial charge in [-0.1, -0.05) is 0 Å². The van der Waals surface area contributed by atoms with Gasteiger partial charge in [-0.25, -0.2) is 15.6 Å². The van der Waals surface area contributed by atoms with Crippen LogP contribution in [0.2, 0.25) is 0 Å². The van der Waals surface area contributed by atoms with Crippen molar-refractivity contribution in [2.75, 3.05) is 17.3 Å². The number of hydrogen-bond donors (Lipinski definition) is 3. The summed E-state index contributed by atoms with van der Waals surface area (Å²) in [6, 6.07) is 1.24. The summed E-state index contributed by atoms with van der Waals surface area (Å²) in [7, 11) is 0. The number of carbonyl (C=O) groups is 1. The zero-order chi connectivity index (χ0) is 12.8. The van der Waals surface area contributed by atoms with E-state index in [1.807, 2.05) is 6.92 Å². The molecule has 1 rings (SSSR count). The highest BCUT2D eigenvalue weighted by Gasteiger charge is 2.14. The van der Waals surface area contributed by atoms with Gasteiger partial charge < -0.3 is 10.1 Å². The Labute approximate surface area is 99.7 Å². The Kier molecular flexibility index (Phi) is 4.65. The predicted octanol–water partition coefficient (Wildman–Crippen LogP) is 0.434. The number of hydrogen-bond acceptors (Lipinski definition) is 7. The van der Waals surface area contributed by atoms with E-state index in [-0.39, 0.29) is 5.97 Å². The first-order chi connectivity index (χ1) is 8.06. The van der Waals surface area contributed by atoms with Crippen LogP contribution in [0.3, 0.4) is 0 Å². The van der Waals surface area contributed by atoms with Crippen LogP contribution < -0.4 is 16.6 Å². The molecular formula is C10H17N5O2. The summed E-state index contributed by atoms with van der Waals surface area (Å²) in [5.41, 5.74) is 3.10. The van der Waals surface area contributed by atoms with Crippen LogP contribution >= 0.6 is 0 Å². The number of nitrogens with zero attached hydrogens (tertiary/aromatic N) is 2. The summed E-state index contributed by atoms with van der Waals surface area (Å²) < 4.78 is 4.88. The number of nitrogens with two attached hydrogens (primary N) is 1. The van der Waals surface area contributed by atoms with Gasteiger partial charge >= 0.3 is 5.97 Å². The second-order valence-electron chi connectivity index (χ2n) is 3.48. The van der Waals surface area contributed by atoms with E-state index in [1.54, 1.807) is 19.9 Å². The second kappa shape index (κ2) is 6.00. The quantitative estimate of drug-likeness (QED) is 0.389. The minimum absolute atomic E-state index is 0.295. The van der Waals surface area contributed by atoms with Gasteiger partial charge in [0.15, 0.2) is 0 Å². The lowest BCUT2D eigenvalue weighted by atomic mass is 10.3. The topological polar surface area (TPSA) is 102 Å². The molecule has 0 aliphatic carbocycles. The summed E-state index contributed by atoms with van der Waals surface area (Å²) in [6.45, 7) is 5.62. The van der Waals surface area contributed by atoms with Crippen LogP contribution in [-0.2, 0) is 9.53 Å². The molecule has 1 aromatic heterocycles. The van der Waals surface area contributed by atoms with Crippen molar-refractivity contribution < 1.29 is 9.53 Å². The summed E-state index contributed by atoms with van der Waals surface area (Å²) in [4.78, 5) is 19.5. The van der Waals surface area contributed by atoms with Crippen LogP contribution in [0.1, 0.15) is 19.5 Å². The van der Waals surface area contributed by atoms with Crippen LogP contribution in [0.15, 0.2) is 6.07 Å². The van der Waals surface area contributed by atoms with E-state index < -0.39 is 6.04 Å². The molecule has 0 aromatic carbocycles. The number of rotatable bonds is 5. The Balaban J connectivity index is 2.73. The number of aryl methyl sites for hydroxylation is 1. The maximum absolute atomic E-state index is 11.4. The molecule has 7 nitrogen and oxygen atoms in total. The highest BCUT2D eigenvalue weighted by Crippen LogP contribution is 2.10. The van der Waals surface area contributed by atoms with Crippen LogP contribution in [0.5, 0.6) is 0 Å². The van der Waals surface area contributed by atoms with E-state index >= 15 is 0 Å². The third kappa shape index (κ3) is 3.87. The number of nitrogen functional groups attached to an aromatic ring is 1. The second-order valence-corrected chi connectivity index (χ2v) is 3.48. The van der Waals surface area contributed by atoms with E-state index in [0.29, 0.717) is 18.4 Å². The fourth-order valence-electron chi connectivity index (χ4n) is 1.26. The van der Waals surface area contributed by atoms with Crippen molar-refractivity contribution in [1.29, 1.82) is 0 Å². The molecule has 4 N–H and O–H groups in total. The highest BCUT2D eigenvalue weighted by atomic mass is 16.5. The molecule has 1 unspecified atom stereocenters. The van der Waals surface area contributed by atoms with Crippen molar-refractivity contribution in [3.63, 3.8) is 0 Å². The van der Waals surface area contributed by atoms with Crippen molar-refractivity contribution >= 4 is 17.7 Å². The van der Waals surface area contributed by atoms with E-state index in [1.165, 1.54) is 0 Å². The minimum Gasteiger partial charge on any atom is -0.464 e. The third-order valence-corrected chi connectivity index (χ3v) is 1.99. The Morgan fingerprint density at radius 2 is 2.29 bits per heavy atom. The SMILES string of the molecule is CCOC(=O)C(C)Nc1cc(C)nc(NN)n1. The van der Waals surface area contributed by atoms with E-state index in [2.05, 4.69) is 20.7 Å². The maximum Gasteiger partial charge on any atom is 0.328 e. The average Bonchev–Trinajstić information content (AvgIpc) is 2.28. The molecule has 0 fully saturated rings. The van der Waals surface area contributed by atoms with Crippen molar-refractivity contribution in [1.82, 2.24) is 9.97 Å². The van der Waals surface area contributed by atoms with E-state index in [9.17, 15) is 4.79 Å². The third-order valence-electron chi connectivity index (χ3n) is 1.99. The Hall–Kier alpha value is -1.89. The van der Waals surface area contributed by atoms with E-state index in [0.717, 1.165) is 5.69 Å². The fraction of sp³-hybridized carbons (Fsp3) is 0.500. The minimum atomic E-state index is -0.477. The largest absolute Gasteiger partial charge is 0.464 e. The molecule has 0 aliphatic heterocycles. The number of aromatic nitrogens is 2. The summed E-state index contributed by atoms with van der Waals surface area (Å²) in [5.74, 6) is 5.72. The van der Waals surface area contributed by atoms with Gasteiger partial charge in [0, 0.05) is 11.8 Å². The lowest BCUT2D eigenvalue weighted by Gasteiger charge is -2.13. The summed E-state index contributed by atoms with van der Waals surface area (Å²) in [6.07, 6.45) is 0. The molecular weight excluding hydrogens is 222 g/mol. The molecule has 0 radical (unpaired) electrons. The lowest BCUT2D eigenvalue weighted by Crippen LogP contribution is -2.28. The number of anilines is 2. The van der Waals surface area contributed by atoms with Gasteiger partial charge in [0.1, 0.15) is 11.9 Å². The zero-order valence-corrected chi connectivity index (χ0v) is 10.2.